The molecule has 0 saturated heterocycles. The summed E-state index contributed by atoms with van der Waals surface area (Å²) in [6, 6.07) is 13.0. The van der Waals surface area contributed by atoms with Crippen LogP contribution in [0.25, 0.3) is 0 Å². The third-order valence-corrected chi connectivity index (χ3v) is 3.88. The highest BCUT2D eigenvalue weighted by molar-refractivity contribution is 7.17. The molecule has 0 radical (unpaired) electrons. The molecule has 1 N–H and O–H groups in total. The van der Waals surface area contributed by atoms with E-state index in [0.29, 0.717) is 5.92 Å². The van der Waals surface area contributed by atoms with Crippen LogP contribution in [0.15, 0.2) is 48.8 Å². The highest BCUT2D eigenvalue weighted by Gasteiger charge is 2.05. The van der Waals surface area contributed by atoms with E-state index in [1.54, 1.807) is 0 Å². The molecule has 0 aliphatic heterocycles. The Bertz CT molecular complexity index is 509. The first kappa shape index (κ1) is 18.8. The monoisotopic (exact) mass is 316 g/mol. The summed E-state index contributed by atoms with van der Waals surface area (Å²) < 4.78 is 0. The van der Waals surface area contributed by atoms with Gasteiger partial charge in [-0.05, 0) is 41.2 Å². The van der Waals surface area contributed by atoms with E-state index < -0.39 is 0 Å². The number of pyridine rings is 1. The lowest BCUT2D eigenvalue weighted by Gasteiger charge is -2.15. The standard InChI is InChI=1S/C17H23N2P.C2H6/c1-13(2)11-14-3-5-16(6-4-14)17(20)19-12-15-7-9-18-10-8-15;1-2/h3-10,13,17,19H,11-12,20H2,1-2H3;1-2H3. The van der Waals surface area contributed by atoms with Crippen molar-refractivity contribution in [2.45, 2.75) is 46.4 Å². The average molecular weight is 316 g/mol. The van der Waals surface area contributed by atoms with Crippen LogP contribution in [-0.4, -0.2) is 4.98 Å². The molecule has 1 heterocycles. The van der Waals surface area contributed by atoms with Crippen molar-refractivity contribution in [2.24, 2.45) is 5.92 Å². The van der Waals surface area contributed by atoms with Crippen LogP contribution < -0.4 is 5.32 Å². The van der Waals surface area contributed by atoms with Crippen molar-refractivity contribution in [3.05, 3.63) is 65.5 Å². The van der Waals surface area contributed by atoms with Gasteiger partial charge in [-0.25, -0.2) is 0 Å². The topological polar surface area (TPSA) is 24.9 Å². The number of nitrogens with zero attached hydrogens (tertiary/aromatic N) is 1. The van der Waals surface area contributed by atoms with Crippen LogP contribution in [-0.2, 0) is 13.0 Å². The normalized spacial score (nSPS) is 11.7. The van der Waals surface area contributed by atoms with Crippen molar-refractivity contribution in [1.29, 1.82) is 0 Å². The maximum Gasteiger partial charge on any atom is 0.0466 e. The summed E-state index contributed by atoms with van der Waals surface area (Å²) in [5.74, 6) is 0.980. The minimum Gasteiger partial charge on any atom is -0.303 e. The average Bonchev–Trinajstić information content (AvgIpc) is 2.55. The smallest absolute Gasteiger partial charge is 0.0466 e. The zero-order valence-electron chi connectivity index (χ0n) is 14.2. The molecule has 22 heavy (non-hydrogen) atoms. The second kappa shape index (κ2) is 10.5. The summed E-state index contributed by atoms with van der Waals surface area (Å²) in [6.45, 7) is 9.36. The van der Waals surface area contributed by atoms with Gasteiger partial charge in [0.25, 0.3) is 0 Å². The molecule has 0 bridgehead atoms. The largest absolute Gasteiger partial charge is 0.303 e. The Balaban J connectivity index is 0.00000116. The van der Waals surface area contributed by atoms with Crippen LogP contribution in [0.3, 0.4) is 0 Å². The second-order valence-corrected chi connectivity index (χ2v) is 6.22. The highest BCUT2D eigenvalue weighted by atomic mass is 31.0. The molecule has 0 amide bonds. The van der Waals surface area contributed by atoms with Crippen molar-refractivity contribution in [1.82, 2.24) is 10.3 Å². The van der Waals surface area contributed by atoms with E-state index in [0.717, 1.165) is 13.0 Å². The lowest BCUT2D eigenvalue weighted by molar-refractivity contribution is 0.645. The maximum absolute atomic E-state index is 4.03. The fourth-order valence-corrected chi connectivity index (χ4v) is 2.52. The molecule has 2 unspecified atom stereocenters. The van der Waals surface area contributed by atoms with Gasteiger partial charge in [0.15, 0.2) is 0 Å². The second-order valence-electron chi connectivity index (χ2n) is 5.55. The summed E-state index contributed by atoms with van der Waals surface area (Å²) in [5.41, 5.74) is 3.97. The Morgan fingerprint density at radius 3 is 2.09 bits per heavy atom. The summed E-state index contributed by atoms with van der Waals surface area (Å²) in [6.07, 6.45) is 4.80. The molecule has 0 fully saturated rings. The Hall–Kier alpha value is -1.24. The molecule has 2 rings (SSSR count). The summed E-state index contributed by atoms with van der Waals surface area (Å²) in [5, 5.41) is 3.51. The van der Waals surface area contributed by atoms with Gasteiger partial charge < -0.3 is 5.32 Å². The molecular formula is C19H29N2P. The lowest BCUT2D eigenvalue weighted by Crippen LogP contribution is -2.15. The van der Waals surface area contributed by atoms with Crippen LogP contribution in [0, 0.1) is 5.92 Å². The number of aromatic nitrogens is 1. The first-order valence-electron chi connectivity index (χ1n) is 8.12. The van der Waals surface area contributed by atoms with E-state index in [-0.39, 0.29) is 5.78 Å². The first-order valence-corrected chi connectivity index (χ1v) is 8.78. The number of hydrogen-bond acceptors (Lipinski definition) is 2. The van der Waals surface area contributed by atoms with Gasteiger partial charge in [-0.1, -0.05) is 52.0 Å². The molecule has 0 aliphatic rings. The number of hydrogen-bond donors (Lipinski definition) is 1. The van der Waals surface area contributed by atoms with Gasteiger partial charge in [-0.2, -0.15) is 0 Å². The molecule has 120 valence electrons. The first-order chi connectivity index (χ1) is 10.6. The molecule has 2 aromatic rings. The van der Waals surface area contributed by atoms with Gasteiger partial charge >= 0.3 is 0 Å². The quantitative estimate of drug-likeness (QED) is 0.761. The van der Waals surface area contributed by atoms with Crippen LogP contribution in [0.5, 0.6) is 0 Å². The zero-order chi connectivity index (χ0) is 16.4. The van der Waals surface area contributed by atoms with Crippen LogP contribution in [0.4, 0.5) is 0 Å². The molecule has 0 saturated carbocycles. The number of rotatable bonds is 6. The van der Waals surface area contributed by atoms with E-state index in [1.807, 2.05) is 38.4 Å². The number of benzene rings is 1. The van der Waals surface area contributed by atoms with E-state index in [2.05, 4.69) is 57.7 Å². The van der Waals surface area contributed by atoms with Crippen molar-refractivity contribution >= 4 is 9.24 Å². The zero-order valence-corrected chi connectivity index (χ0v) is 15.4. The van der Waals surface area contributed by atoms with Gasteiger partial charge in [-0.15, -0.1) is 9.24 Å². The van der Waals surface area contributed by atoms with Gasteiger partial charge in [0.05, 0.1) is 0 Å². The summed E-state index contributed by atoms with van der Waals surface area (Å²) >= 11 is 0. The molecule has 2 nitrogen and oxygen atoms in total. The predicted octanol–water partition coefficient (Wildman–Crippen LogP) is 4.97. The van der Waals surface area contributed by atoms with Crippen molar-refractivity contribution in [3.8, 4) is 0 Å². The third kappa shape index (κ3) is 6.68. The maximum atomic E-state index is 4.03. The van der Waals surface area contributed by atoms with E-state index in [4.69, 9.17) is 0 Å². The lowest BCUT2D eigenvalue weighted by atomic mass is 10.0. The van der Waals surface area contributed by atoms with Crippen molar-refractivity contribution < 1.29 is 0 Å². The Kier molecular flexibility index (Phi) is 8.96. The molecular weight excluding hydrogens is 287 g/mol. The molecule has 1 aromatic carbocycles. The Labute approximate surface area is 138 Å². The minimum atomic E-state index is 0.274. The van der Waals surface area contributed by atoms with E-state index in [1.165, 1.54) is 16.7 Å². The molecule has 3 heteroatoms. The molecule has 1 aromatic heterocycles. The van der Waals surface area contributed by atoms with E-state index >= 15 is 0 Å². The summed E-state index contributed by atoms with van der Waals surface area (Å²) in [4.78, 5) is 4.03. The molecule has 2 atom stereocenters. The van der Waals surface area contributed by atoms with Crippen LogP contribution >= 0.6 is 9.24 Å². The molecule has 0 aliphatic carbocycles. The molecule has 0 spiro atoms. The van der Waals surface area contributed by atoms with Gasteiger partial charge in [0.1, 0.15) is 0 Å². The van der Waals surface area contributed by atoms with Gasteiger partial charge in [-0.3, -0.25) is 4.98 Å². The van der Waals surface area contributed by atoms with Crippen LogP contribution in [0.1, 0.15) is 50.2 Å². The van der Waals surface area contributed by atoms with Gasteiger partial charge in [0.2, 0.25) is 0 Å². The predicted molar refractivity (Wildman–Crippen MR) is 99.9 cm³/mol. The SMILES string of the molecule is CC.CC(C)Cc1ccc(C(P)NCc2ccncc2)cc1. The fraction of sp³-hybridized carbons (Fsp3) is 0.421. The Morgan fingerprint density at radius 1 is 0.955 bits per heavy atom. The van der Waals surface area contributed by atoms with E-state index in [9.17, 15) is 0 Å². The summed E-state index contributed by atoms with van der Waals surface area (Å²) in [7, 11) is 2.87. The third-order valence-electron chi connectivity index (χ3n) is 3.26. The fourth-order valence-electron chi connectivity index (χ4n) is 2.18. The Morgan fingerprint density at radius 2 is 1.55 bits per heavy atom. The highest BCUT2D eigenvalue weighted by Crippen LogP contribution is 2.21. The minimum absolute atomic E-state index is 0.274. The van der Waals surface area contributed by atoms with Gasteiger partial charge in [0, 0.05) is 24.7 Å². The van der Waals surface area contributed by atoms with Crippen molar-refractivity contribution in [2.75, 3.05) is 0 Å². The number of nitrogens with one attached hydrogen (secondary N) is 1. The van der Waals surface area contributed by atoms with Crippen molar-refractivity contribution in [3.63, 3.8) is 0 Å². The van der Waals surface area contributed by atoms with Crippen LogP contribution in [0.2, 0.25) is 0 Å².